The van der Waals surface area contributed by atoms with E-state index in [1.54, 1.807) is 31.3 Å². The van der Waals surface area contributed by atoms with Gasteiger partial charge < -0.3 is 10.6 Å². The quantitative estimate of drug-likeness (QED) is 0.883. The molecule has 0 amide bonds. The lowest BCUT2D eigenvalue weighted by Crippen LogP contribution is -2.20. The molecule has 0 aliphatic rings. The van der Waals surface area contributed by atoms with Gasteiger partial charge in [0.2, 0.25) is 5.95 Å². The summed E-state index contributed by atoms with van der Waals surface area (Å²) in [6.45, 7) is 0. The molecule has 21 heavy (non-hydrogen) atoms. The van der Waals surface area contributed by atoms with Crippen molar-refractivity contribution < 1.29 is 13.2 Å². The lowest BCUT2D eigenvalue weighted by Gasteiger charge is -2.20. The number of hydrogen-bond donors (Lipinski definition) is 1. The maximum Gasteiger partial charge on any atom is 0.433 e. The lowest BCUT2D eigenvalue weighted by molar-refractivity contribution is -0.141. The number of benzene rings is 1. The Morgan fingerprint density at radius 3 is 2.52 bits per heavy atom. The van der Waals surface area contributed by atoms with Crippen molar-refractivity contribution in [3.05, 3.63) is 47.8 Å². The molecule has 1 aromatic heterocycles. The summed E-state index contributed by atoms with van der Waals surface area (Å²) in [6.07, 6.45) is -3.47. The van der Waals surface area contributed by atoms with Gasteiger partial charge in [-0.25, -0.2) is 9.97 Å². The largest absolute Gasteiger partial charge is 0.433 e. The zero-order valence-corrected chi connectivity index (χ0v) is 11.7. The van der Waals surface area contributed by atoms with Crippen LogP contribution in [-0.2, 0) is 6.18 Å². The first-order chi connectivity index (χ1) is 9.80. The van der Waals surface area contributed by atoms with Crippen LogP contribution in [0.1, 0.15) is 11.3 Å². The van der Waals surface area contributed by atoms with Crippen LogP contribution in [0, 0.1) is 0 Å². The number of alkyl halides is 3. The molecule has 0 fully saturated rings. The average molecular weight is 312 g/mol. The highest BCUT2D eigenvalue weighted by Gasteiger charge is 2.33. The number of rotatable bonds is 3. The Morgan fingerprint density at radius 1 is 1.24 bits per heavy atom. The third kappa shape index (κ3) is 3.27. The summed E-state index contributed by atoms with van der Waals surface area (Å²) in [5.74, 6) is -0.0893. The smallest absolute Gasteiger partial charge is 0.389 e. The number of halogens is 3. The maximum absolute atomic E-state index is 12.7. The number of para-hydroxylation sites is 1. The van der Waals surface area contributed by atoms with Crippen molar-refractivity contribution in [2.24, 2.45) is 5.73 Å². The van der Waals surface area contributed by atoms with E-state index in [2.05, 4.69) is 9.97 Å². The van der Waals surface area contributed by atoms with E-state index in [1.165, 1.54) is 4.90 Å². The van der Waals surface area contributed by atoms with Crippen LogP contribution in [0.2, 0.25) is 0 Å². The fraction of sp³-hybridized carbons (Fsp3) is 0.154. The van der Waals surface area contributed by atoms with Gasteiger partial charge >= 0.3 is 6.18 Å². The summed E-state index contributed by atoms with van der Waals surface area (Å²) in [4.78, 5) is 8.94. The standard InChI is InChI=1S/C13H11F3N4S/c1-20(9-5-3-2-4-8(9)11(17)21)12-18-7-6-10(19-12)13(14,15)16/h2-7H,1H3,(H2,17,21). The third-order valence-electron chi connectivity index (χ3n) is 2.76. The molecule has 4 nitrogen and oxygen atoms in total. The predicted octanol–water partition coefficient (Wildman–Crippen LogP) is 2.90. The van der Waals surface area contributed by atoms with Gasteiger partial charge in [0.1, 0.15) is 10.7 Å². The number of nitrogens with zero attached hydrogens (tertiary/aromatic N) is 3. The van der Waals surface area contributed by atoms with Crippen molar-refractivity contribution in [1.29, 1.82) is 0 Å². The van der Waals surface area contributed by atoms with Gasteiger partial charge in [-0.05, 0) is 18.2 Å². The minimum atomic E-state index is -4.53. The normalized spacial score (nSPS) is 11.2. The number of nitrogens with two attached hydrogens (primary N) is 1. The number of thiocarbonyl (C=S) groups is 1. The van der Waals surface area contributed by atoms with Crippen LogP contribution < -0.4 is 10.6 Å². The van der Waals surface area contributed by atoms with E-state index in [0.717, 1.165) is 12.3 Å². The van der Waals surface area contributed by atoms with Gasteiger partial charge in [-0.15, -0.1) is 0 Å². The molecule has 0 saturated carbocycles. The van der Waals surface area contributed by atoms with E-state index in [0.29, 0.717) is 11.3 Å². The number of hydrogen-bond acceptors (Lipinski definition) is 4. The Balaban J connectivity index is 2.46. The number of aromatic nitrogens is 2. The molecule has 0 atom stereocenters. The van der Waals surface area contributed by atoms with E-state index in [9.17, 15) is 13.2 Å². The van der Waals surface area contributed by atoms with Crippen molar-refractivity contribution in [2.75, 3.05) is 11.9 Å². The van der Waals surface area contributed by atoms with Crippen molar-refractivity contribution >= 4 is 28.8 Å². The molecule has 2 rings (SSSR count). The van der Waals surface area contributed by atoms with Crippen LogP contribution in [0.25, 0.3) is 0 Å². The van der Waals surface area contributed by atoms with E-state index in [1.807, 2.05) is 0 Å². The van der Waals surface area contributed by atoms with Crippen LogP contribution in [0.3, 0.4) is 0 Å². The van der Waals surface area contributed by atoms with Gasteiger partial charge in [-0.3, -0.25) is 0 Å². The van der Waals surface area contributed by atoms with Crippen LogP contribution in [0.15, 0.2) is 36.5 Å². The Labute approximate surface area is 124 Å². The van der Waals surface area contributed by atoms with Gasteiger partial charge in [0.05, 0.1) is 5.69 Å². The monoisotopic (exact) mass is 312 g/mol. The van der Waals surface area contributed by atoms with Gasteiger partial charge in [-0.1, -0.05) is 24.4 Å². The molecule has 2 aromatic rings. The SMILES string of the molecule is CN(c1nccc(C(F)(F)F)n1)c1ccccc1C(N)=S. The fourth-order valence-corrected chi connectivity index (χ4v) is 1.92. The topological polar surface area (TPSA) is 55.0 Å². The molecule has 0 bridgehead atoms. The zero-order chi connectivity index (χ0) is 15.6. The summed E-state index contributed by atoms with van der Waals surface area (Å²) in [5, 5.41) is 0. The van der Waals surface area contributed by atoms with E-state index in [4.69, 9.17) is 18.0 Å². The highest BCUT2D eigenvalue weighted by Crippen LogP contribution is 2.30. The van der Waals surface area contributed by atoms with Gasteiger partial charge in [0.25, 0.3) is 0 Å². The first-order valence-electron chi connectivity index (χ1n) is 5.83. The molecule has 0 unspecified atom stereocenters. The molecule has 2 N–H and O–H groups in total. The van der Waals surface area contributed by atoms with Crippen LogP contribution in [0.4, 0.5) is 24.8 Å². The van der Waals surface area contributed by atoms with E-state index >= 15 is 0 Å². The Bertz CT molecular complexity index is 672. The Kier molecular flexibility index (Phi) is 4.08. The molecule has 8 heteroatoms. The molecule has 1 aromatic carbocycles. The highest BCUT2D eigenvalue weighted by atomic mass is 32.1. The summed E-state index contributed by atoms with van der Waals surface area (Å²) in [7, 11) is 1.55. The number of anilines is 2. The molecule has 0 spiro atoms. The summed E-state index contributed by atoms with van der Waals surface area (Å²) in [5.41, 5.74) is 5.68. The second-order valence-corrected chi connectivity index (χ2v) is 4.62. The molecular weight excluding hydrogens is 301 g/mol. The predicted molar refractivity (Wildman–Crippen MR) is 77.4 cm³/mol. The van der Waals surface area contributed by atoms with Gasteiger partial charge in [0, 0.05) is 18.8 Å². The highest BCUT2D eigenvalue weighted by molar-refractivity contribution is 7.80. The second kappa shape index (κ2) is 5.65. The molecule has 110 valence electrons. The molecular formula is C13H11F3N4S. The fourth-order valence-electron chi connectivity index (χ4n) is 1.75. The maximum atomic E-state index is 12.7. The minimum Gasteiger partial charge on any atom is -0.389 e. The first kappa shape index (κ1) is 15.2. The van der Waals surface area contributed by atoms with Crippen molar-refractivity contribution in [3.8, 4) is 0 Å². The molecule has 0 radical (unpaired) electrons. The van der Waals surface area contributed by atoms with Crippen LogP contribution in [-0.4, -0.2) is 22.0 Å². The molecule has 0 aliphatic carbocycles. The van der Waals surface area contributed by atoms with Crippen LogP contribution in [0.5, 0.6) is 0 Å². The van der Waals surface area contributed by atoms with E-state index < -0.39 is 11.9 Å². The van der Waals surface area contributed by atoms with Crippen molar-refractivity contribution in [2.45, 2.75) is 6.18 Å². The molecule has 1 heterocycles. The van der Waals surface area contributed by atoms with Crippen molar-refractivity contribution in [3.63, 3.8) is 0 Å². The summed E-state index contributed by atoms with van der Waals surface area (Å²) >= 11 is 4.93. The average Bonchev–Trinajstić information content (AvgIpc) is 2.45. The second-order valence-electron chi connectivity index (χ2n) is 4.18. The van der Waals surface area contributed by atoms with Gasteiger partial charge in [0.15, 0.2) is 0 Å². The Morgan fingerprint density at radius 2 is 1.90 bits per heavy atom. The van der Waals surface area contributed by atoms with Gasteiger partial charge in [-0.2, -0.15) is 13.2 Å². The zero-order valence-electron chi connectivity index (χ0n) is 10.9. The minimum absolute atomic E-state index is 0.0893. The van der Waals surface area contributed by atoms with E-state index in [-0.39, 0.29) is 10.9 Å². The molecule has 0 saturated heterocycles. The Hall–Kier alpha value is -2.22. The lowest BCUT2D eigenvalue weighted by atomic mass is 10.1. The molecule has 0 aliphatic heterocycles. The first-order valence-corrected chi connectivity index (χ1v) is 6.24. The summed E-state index contributed by atoms with van der Waals surface area (Å²) in [6, 6.07) is 7.64. The van der Waals surface area contributed by atoms with Crippen molar-refractivity contribution in [1.82, 2.24) is 9.97 Å². The third-order valence-corrected chi connectivity index (χ3v) is 2.98. The van der Waals surface area contributed by atoms with Crippen LogP contribution >= 0.6 is 12.2 Å². The summed E-state index contributed by atoms with van der Waals surface area (Å²) < 4.78 is 38.1.